The van der Waals surface area contributed by atoms with Gasteiger partial charge in [-0.1, -0.05) is 12.2 Å². The van der Waals surface area contributed by atoms with E-state index in [1.807, 2.05) is 13.0 Å². The van der Waals surface area contributed by atoms with Gasteiger partial charge < -0.3 is 16.0 Å². The largest absolute Gasteiger partial charge is 0.368 e. The summed E-state index contributed by atoms with van der Waals surface area (Å²) < 4.78 is 0.361. The van der Waals surface area contributed by atoms with Crippen LogP contribution in [0.4, 0.5) is 0 Å². The third-order valence-corrected chi connectivity index (χ3v) is 2.32. The van der Waals surface area contributed by atoms with Crippen molar-refractivity contribution in [1.82, 2.24) is 10.3 Å². The van der Waals surface area contributed by atoms with Gasteiger partial charge in [0.25, 0.3) is 5.91 Å². The quantitative estimate of drug-likeness (QED) is 0.674. The lowest BCUT2D eigenvalue weighted by molar-refractivity contribution is -0.117. The monoisotopic (exact) mass is 239 g/mol. The molecule has 0 unspecified atom stereocenters. The van der Waals surface area contributed by atoms with Gasteiger partial charge in [0.05, 0.1) is 12.1 Å². The summed E-state index contributed by atoms with van der Waals surface area (Å²) in [4.78, 5) is 25.1. The van der Waals surface area contributed by atoms with Crippen LogP contribution >= 0.6 is 12.2 Å². The van der Waals surface area contributed by atoms with E-state index >= 15 is 0 Å². The van der Waals surface area contributed by atoms with Crippen molar-refractivity contribution in [1.29, 1.82) is 0 Å². The third-order valence-electron chi connectivity index (χ3n) is 2.02. The minimum Gasteiger partial charge on any atom is -0.368 e. The Morgan fingerprint density at radius 2 is 2.12 bits per heavy atom. The van der Waals surface area contributed by atoms with Gasteiger partial charge >= 0.3 is 0 Å². The number of carbonyl (C=O) groups excluding carboxylic acids is 2. The summed E-state index contributed by atoms with van der Waals surface area (Å²) in [7, 11) is 0. The molecule has 86 valence electrons. The molecule has 1 aromatic heterocycles. The van der Waals surface area contributed by atoms with Crippen LogP contribution in [0.5, 0.6) is 0 Å². The second-order valence-corrected chi connectivity index (χ2v) is 3.90. The predicted octanol–water partition coefficient (Wildman–Crippen LogP) is 0.576. The highest BCUT2D eigenvalue weighted by atomic mass is 32.1. The molecule has 1 aromatic rings. The van der Waals surface area contributed by atoms with E-state index in [1.165, 1.54) is 0 Å². The van der Waals surface area contributed by atoms with Gasteiger partial charge in [0.1, 0.15) is 4.64 Å². The molecule has 0 aliphatic heterocycles. The Hall–Kier alpha value is -1.69. The van der Waals surface area contributed by atoms with Crippen molar-refractivity contribution in [2.75, 3.05) is 6.54 Å². The highest BCUT2D eigenvalue weighted by molar-refractivity contribution is 7.71. The highest BCUT2D eigenvalue weighted by Gasteiger charge is 2.12. The molecule has 1 heterocycles. The number of aromatic nitrogens is 1. The van der Waals surface area contributed by atoms with Crippen molar-refractivity contribution in [3.63, 3.8) is 0 Å². The van der Waals surface area contributed by atoms with E-state index in [1.54, 1.807) is 6.92 Å². The molecule has 1 rings (SSSR count). The van der Waals surface area contributed by atoms with E-state index < -0.39 is 11.8 Å². The average Bonchev–Trinajstić information content (AvgIpc) is 2.12. The zero-order valence-corrected chi connectivity index (χ0v) is 9.90. The molecular formula is C10H13N3O2S. The van der Waals surface area contributed by atoms with Crippen molar-refractivity contribution < 1.29 is 9.59 Å². The fraction of sp³-hybridized carbons (Fsp3) is 0.300. The summed E-state index contributed by atoms with van der Waals surface area (Å²) >= 11 is 5.05. The van der Waals surface area contributed by atoms with Gasteiger partial charge in [-0.05, 0) is 25.5 Å². The van der Waals surface area contributed by atoms with Crippen LogP contribution < -0.4 is 11.1 Å². The first-order chi connectivity index (χ1) is 7.41. The van der Waals surface area contributed by atoms with Crippen LogP contribution in [0.15, 0.2) is 6.07 Å². The molecule has 5 nitrogen and oxygen atoms in total. The number of hydrogen-bond acceptors (Lipinski definition) is 3. The van der Waals surface area contributed by atoms with Crippen molar-refractivity contribution in [3.05, 3.63) is 27.5 Å². The fourth-order valence-electron chi connectivity index (χ4n) is 1.39. The van der Waals surface area contributed by atoms with Gasteiger partial charge in [-0.15, -0.1) is 0 Å². The van der Waals surface area contributed by atoms with E-state index in [0.717, 1.165) is 11.3 Å². The maximum Gasteiger partial charge on any atom is 0.254 e. The van der Waals surface area contributed by atoms with Crippen LogP contribution in [0.1, 0.15) is 21.6 Å². The lowest BCUT2D eigenvalue weighted by atomic mass is 10.1. The number of nitrogens with two attached hydrogens (primary N) is 1. The smallest absolute Gasteiger partial charge is 0.254 e. The van der Waals surface area contributed by atoms with Gasteiger partial charge in [-0.3, -0.25) is 9.59 Å². The van der Waals surface area contributed by atoms with Gasteiger partial charge in [0.15, 0.2) is 0 Å². The number of aryl methyl sites for hydroxylation is 2. The first-order valence-corrected chi connectivity index (χ1v) is 5.09. The minimum absolute atomic E-state index is 0.194. The number of carbonyl (C=O) groups is 2. The first kappa shape index (κ1) is 12.4. The van der Waals surface area contributed by atoms with Crippen LogP contribution in [-0.2, 0) is 4.79 Å². The molecule has 0 atom stereocenters. The average molecular weight is 239 g/mol. The lowest BCUT2D eigenvalue weighted by Crippen LogP contribution is -2.33. The fourth-order valence-corrected chi connectivity index (χ4v) is 1.81. The number of rotatable bonds is 3. The van der Waals surface area contributed by atoms with E-state index in [9.17, 15) is 9.59 Å². The molecule has 0 saturated heterocycles. The summed E-state index contributed by atoms with van der Waals surface area (Å²) in [6.45, 7) is 3.45. The topological polar surface area (TPSA) is 88.0 Å². The van der Waals surface area contributed by atoms with Crippen LogP contribution in [0, 0.1) is 18.5 Å². The minimum atomic E-state index is -0.590. The number of H-pyrrole nitrogens is 1. The summed E-state index contributed by atoms with van der Waals surface area (Å²) in [6.07, 6.45) is 0. The molecule has 6 heteroatoms. The second-order valence-electron chi connectivity index (χ2n) is 3.49. The number of amides is 2. The van der Waals surface area contributed by atoms with Gasteiger partial charge in [0, 0.05) is 5.69 Å². The zero-order valence-electron chi connectivity index (χ0n) is 9.09. The predicted molar refractivity (Wildman–Crippen MR) is 62.6 cm³/mol. The van der Waals surface area contributed by atoms with E-state index in [0.29, 0.717) is 10.2 Å². The Balaban J connectivity index is 3.00. The van der Waals surface area contributed by atoms with E-state index in [4.69, 9.17) is 18.0 Å². The van der Waals surface area contributed by atoms with Crippen molar-refractivity contribution in [2.45, 2.75) is 13.8 Å². The van der Waals surface area contributed by atoms with Gasteiger partial charge in [-0.2, -0.15) is 0 Å². The first-order valence-electron chi connectivity index (χ1n) is 4.69. The lowest BCUT2D eigenvalue weighted by Gasteiger charge is -2.07. The van der Waals surface area contributed by atoms with Crippen LogP contribution in [-0.4, -0.2) is 23.3 Å². The van der Waals surface area contributed by atoms with Gasteiger partial charge in [-0.25, -0.2) is 0 Å². The molecule has 2 amide bonds. The molecule has 0 aliphatic carbocycles. The Kier molecular flexibility index (Phi) is 3.78. The third kappa shape index (κ3) is 2.90. The van der Waals surface area contributed by atoms with Crippen molar-refractivity contribution >= 4 is 24.0 Å². The van der Waals surface area contributed by atoms with E-state index in [2.05, 4.69) is 10.3 Å². The van der Waals surface area contributed by atoms with Crippen molar-refractivity contribution in [3.8, 4) is 0 Å². The molecule has 0 spiro atoms. The van der Waals surface area contributed by atoms with Crippen LogP contribution in [0.25, 0.3) is 0 Å². The van der Waals surface area contributed by atoms with Gasteiger partial charge in [0.2, 0.25) is 5.91 Å². The Morgan fingerprint density at radius 1 is 1.50 bits per heavy atom. The molecule has 0 saturated carbocycles. The number of pyridine rings is 1. The SMILES string of the molecule is Cc1cc(C)c(C(=O)NCC(N)=O)c(=S)[nH]1. The summed E-state index contributed by atoms with van der Waals surface area (Å²) in [6, 6.07) is 1.81. The van der Waals surface area contributed by atoms with E-state index in [-0.39, 0.29) is 6.54 Å². The maximum absolute atomic E-state index is 11.7. The summed E-state index contributed by atoms with van der Waals surface area (Å²) in [5.41, 5.74) is 6.96. The molecule has 0 aromatic carbocycles. The van der Waals surface area contributed by atoms with Crippen LogP contribution in [0.3, 0.4) is 0 Å². The molecule has 0 aliphatic rings. The highest BCUT2D eigenvalue weighted by Crippen LogP contribution is 2.09. The normalized spacial score (nSPS) is 9.88. The maximum atomic E-state index is 11.7. The van der Waals surface area contributed by atoms with Crippen molar-refractivity contribution in [2.24, 2.45) is 5.73 Å². The molecule has 0 bridgehead atoms. The number of primary amides is 1. The van der Waals surface area contributed by atoms with Crippen LogP contribution in [0.2, 0.25) is 0 Å². The second kappa shape index (κ2) is 4.89. The standard InChI is InChI=1S/C10H13N3O2S/c1-5-3-6(2)13-10(16)8(5)9(15)12-4-7(11)14/h3H,4H2,1-2H3,(H2,11,14)(H,12,15)(H,13,16). The molecule has 0 radical (unpaired) electrons. The molecular weight excluding hydrogens is 226 g/mol. The summed E-state index contributed by atoms with van der Waals surface area (Å²) in [5.74, 6) is -0.981. The molecule has 16 heavy (non-hydrogen) atoms. The zero-order chi connectivity index (χ0) is 12.3. The Labute approximate surface area is 98.0 Å². The Bertz CT molecular complexity index is 493. The number of nitrogens with one attached hydrogen (secondary N) is 2. The summed E-state index contributed by atoms with van der Waals surface area (Å²) in [5, 5.41) is 2.40. The molecule has 0 fully saturated rings. The Morgan fingerprint density at radius 3 is 2.62 bits per heavy atom. The number of hydrogen-bond donors (Lipinski definition) is 3. The molecule has 4 N–H and O–H groups in total. The number of aromatic amines is 1.